The number of carbonyl (C=O) groups is 1. The van der Waals surface area contributed by atoms with E-state index in [0.29, 0.717) is 0 Å². The first-order valence-electron chi connectivity index (χ1n) is 8.41. The Labute approximate surface area is 162 Å². The lowest BCUT2D eigenvalue weighted by atomic mass is 10.0. The molecule has 1 aromatic carbocycles. The van der Waals surface area contributed by atoms with Crippen LogP contribution in [0, 0.1) is 11.3 Å². The van der Waals surface area contributed by atoms with Crippen molar-refractivity contribution in [3.8, 4) is 6.07 Å². The third kappa shape index (κ3) is 5.98. The van der Waals surface area contributed by atoms with Crippen LogP contribution in [-0.4, -0.2) is 10.9 Å². The summed E-state index contributed by atoms with van der Waals surface area (Å²) in [5.74, 6) is -0.373. The largest absolute Gasteiger partial charge is 0.345 e. The smallest absolute Gasteiger partial charge is 0.262 e. The number of nitrogens with zero attached hydrogens (tertiary/aromatic N) is 2. The number of halogens is 1. The SMILES string of the molecule is CCC[C@H](NC(=O)C(C#N)=CC=Cc1cccc(Br)n1)c1ccccc1. The van der Waals surface area contributed by atoms with Crippen LogP contribution in [0.3, 0.4) is 0 Å². The second kappa shape index (κ2) is 10.3. The van der Waals surface area contributed by atoms with Gasteiger partial charge >= 0.3 is 0 Å². The molecule has 0 radical (unpaired) electrons. The minimum atomic E-state index is -0.373. The molecular formula is C21H20BrN3O. The van der Waals surface area contributed by atoms with Crippen molar-refractivity contribution in [1.82, 2.24) is 10.3 Å². The number of nitriles is 1. The molecule has 1 amide bonds. The maximum absolute atomic E-state index is 12.5. The van der Waals surface area contributed by atoms with Gasteiger partial charge in [0.15, 0.2) is 0 Å². The first kappa shape index (κ1) is 19.6. The number of aromatic nitrogens is 1. The minimum Gasteiger partial charge on any atom is -0.345 e. The maximum Gasteiger partial charge on any atom is 0.262 e. The van der Waals surface area contributed by atoms with Gasteiger partial charge in [0.25, 0.3) is 5.91 Å². The Morgan fingerprint density at radius 3 is 2.69 bits per heavy atom. The van der Waals surface area contributed by atoms with E-state index in [1.165, 1.54) is 6.08 Å². The molecule has 0 aliphatic carbocycles. The second-order valence-corrected chi connectivity index (χ2v) is 6.47. The molecule has 1 N–H and O–H groups in total. The van der Waals surface area contributed by atoms with Crippen LogP contribution in [0.25, 0.3) is 6.08 Å². The fraction of sp³-hybridized carbons (Fsp3) is 0.190. The van der Waals surface area contributed by atoms with E-state index in [0.717, 1.165) is 28.7 Å². The van der Waals surface area contributed by atoms with Gasteiger partial charge < -0.3 is 5.32 Å². The van der Waals surface area contributed by atoms with E-state index in [4.69, 9.17) is 0 Å². The number of nitrogens with one attached hydrogen (secondary N) is 1. The second-order valence-electron chi connectivity index (χ2n) is 5.66. The molecule has 0 unspecified atom stereocenters. The Morgan fingerprint density at radius 2 is 2.04 bits per heavy atom. The van der Waals surface area contributed by atoms with Crippen LogP contribution in [0.4, 0.5) is 0 Å². The molecule has 0 saturated carbocycles. The number of rotatable bonds is 7. The number of allylic oxidation sites excluding steroid dienone is 2. The monoisotopic (exact) mass is 409 g/mol. The number of benzene rings is 1. The number of hydrogen-bond acceptors (Lipinski definition) is 3. The average molecular weight is 410 g/mol. The van der Waals surface area contributed by atoms with Crippen molar-refractivity contribution in [2.24, 2.45) is 0 Å². The summed E-state index contributed by atoms with van der Waals surface area (Å²) >= 11 is 3.31. The maximum atomic E-state index is 12.5. The predicted octanol–water partition coefficient (Wildman–Crippen LogP) is 4.96. The van der Waals surface area contributed by atoms with Crippen molar-refractivity contribution in [2.75, 3.05) is 0 Å². The predicted molar refractivity (Wildman–Crippen MR) is 107 cm³/mol. The highest BCUT2D eigenvalue weighted by Gasteiger charge is 2.16. The van der Waals surface area contributed by atoms with Crippen molar-refractivity contribution >= 4 is 27.9 Å². The highest BCUT2D eigenvalue weighted by molar-refractivity contribution is 9.10. The lowest BCUT2D eigenvalue weighted by Crippen LogP contribution is -2.29. The van der Waals surface area contributed by atoms with Gasteiger partial charge in [-0.25, -0.2) is 4.98 Å². The van der Waals surface area contributed by atoms with Crippen molar-refractivity contribution in [2.45, 2.75) is 25.8 Å². The zero-order chi connectivity index (χ0) is 18.8. The quantitative estimate of drug-likeness (QED) is 0.304. The molecule has 1 atom stereocenters. The molecule has 0 bridgehead atoms. The Bertz CT molecular complexity index is 838. The van der Waals surface area contributed by atoms with E-state index in [9.17, 15) is 10.1 Å². The number of pyridine rings is 1. The molecule has 2 rings (SSSR count). The summed E-state index contributed by atoms with van der Waals surface area (Å²) in [5.41, 5.74) is 1.84. The normalized spacial score (nSPS) is 12.6. The van der Waals surface area contributed by atoms with E-state index in [1.54, 1.807) is 12.2 Å². The molecule has 0 spiro atoms. The summed E-state index contributed by atoms with van der Waals surface area (Å²) in [7, 11) is 0. The zero-order valence-electron chi connectivity index (χ0n) is 14.5. The summed E-state index contributed by atoms with van der Waals surface area (Å²) in [4.78, 5) is 16.7. The van der Waals surface area contributed by atoms with Gasteiger partial charge in [-0.05, 0) is 52.2 Å². The molecule has 1 aromatic heterocycles. The van der Waals surface area contributed by atoms with Crippen LogP contribution in [-0.2, 0) is 4.79 Å². The van der Waals surface area contributed by atoms with Crippen LogP contribution < -0.4 is 5.32 Å². The molecule has 4 nitrogen and oxygen atoms in total. The Morgan fingerprint density at radius 1 is 1.27 bits per heavy atom. The van der Waals surface area contributed by atoms with E-state index >= 15 is 0 Å². The summed E-state index contributed by atoms with van der Waals surface area (Å²) in [5, 5.41) is 12.3. The molecule has 132 valence electrons. The van der Waals surface area contributed by atoms with Gasteiger partial charge in [0.05, 0.1) is 11.7 Å². The summed E-state index contributed by atoms with van der Waals surface area (Å²) < 4.78 is 0.729. The van der Waals surface area contributed by atoms with E-state index in [-0.39, 0.29) is 17.5 Å². The van der Waals surface area contributed by atoms with Gasteiger partial charge in [-0.2, -0.15) is 5.26 Å². The highest BCUT2D eigenvalue weighted by Crippen LogP contribution is 2.18. The van der Waals surface area contributed by atoms with Gasteiger partial charge in [-0.15, -0.1) is 0 Å². The standard InChI is InChI=1S/C21H20BrN3O/c1-2-8-19(16-9-4-3-5-10-16)25-21(26)17(15-23)11-6-12-18-13-7-14-20(22)24-18/h3-7,9-14,19H,2,8H2,1H3,(H,25,26)/t19-/m0/s1. The molecule has 26 heavy (non-hydrogen) atoms. The molecule has 0 aliphatic heterocycles. The van der Waals surface area contributed by atoms with Gasteiger partial charge in [-0.3, -0.25) is 4.79 Å². The van der Waals surface area contributed by atoms with Crippen molar-refractivity contribution in [3.63, 3.8) is 0 Å². The average Bonchev–Trinajstić information content (AvgIpc) is 2.65. The zero-order valence-corrected chi connectivity index (χ0v) is 16.1. The van der Waals surface area contributed by atoms with E-state index in [2.05, 4.69) is 33.2 Å². The first-order chi connectivity index (χ1) is 12.6. The minimum absolute atomic E-state index is 0.0632. The Kier molecular flexibility index (Phi) is 7.78. The van der Waals surface area contributed by atoms with E-state index in [1.807, 2.05) is 54.6 Å². The summed E-state index contributed by atoms with van der Waals surface area (Å²) in [6.45, 7) is 2.07. The molecule has 0 saturated heterocycles. The van der Waals surface area contributed by atoms with Crippen molar-refractivity contribution in [1.29, 1.82) is 5.26 Å². The van der Waals surface area contributed by atoms with Gasteiger partial charge in [0, 0.05) is 0 Å². The molecule has 0 aliphatic rings. The fourth-order valence-corrected chi connectivity index (χ4v) is 2.81. The van der Waals surface area contributed by atoms with Gasteiger partial charge in [0.1, 0.15) is 16.2 Å². The summed E-state index contributed by atoms with van der Waals surface area (Å²) in [6.07, 6.45) is 6.65. The van der Waals surface area contributed by atoms with Crippen LogP contribution in [0.1, 0.15) is 37.1 Å². The molecule has 2 aromatic rings. The number of amides is 1. The van der Waals surface area contributed by atoms with Gasteiger partial charge in [0.2, 0.25) is 0 Å². The third-order valence-corrected chi connectivity index (χ3v) is 4.16. The topological polar surface area (TPSA) is 65.8 Å². The third-order valence-electron chi connectivity index (χ3n) is 3.72. The number of hydrogen-bond donors (Lipinski definition) is 1. The van der Waals surface area contributed by atoms with Crippen LogP contribution in [0.5, 0.6) is 0 Å². The summed E-state index contributed by atoms with van der Waals surface area (Å²) in [6, 6.07) is 17.2. The van der Waals surface area contributed by atoms with Crippen LogP contribution in [0.15, 0.2) is 70.9 Å². The van der Waals surface area contributed by atoms with Crippen LogP contribution in [0.2, 0.25) is 0 Å². The fourth-order valence-electron chi connectivity index (χ4n) is 2.46. The molecule has 1 heterocycles. The van der Waals surface area contributed by atoms with E-state index < -0.39 is 0 Å². The van der Waals surface area contributed by atoms with Crippen molar-refractivity contribution in [3.05, 3.63) is 82.1 Å². The van der Waals surface area contributed by atoms with Crippen molar-refractivity contribution < 1.29 is 4.79 Å². The van der Waals surface area contributed by atoms with Gasteiger partial charge in [-0.1, -0.05) is 55.8 Å². The lowest BCUT2D eigenvalue weighted by Gasteiger charge is -2.18. The Hall–Kier alpha value is -2.71. The lowest BCUT2D eigenvalue weighted by molar-refractivity contribution is -0.117. The highest BCUT2D eigenvalue weighted by atomic mass is 79.9. The molecular weight excluding hydrogens is 390 g/mol. The van der Waals surface area contributed by atoms with Crippen LogP contribution >= 0.6 is 15.9 Å². The Balaban J connectivity index is 2.10. The molecule has 0 fully saturated rings. The first-order valence-corrected chi connectivity index (χ1v) is 9.20. The molecule has 5 heteroatoms. The number of carbonyl (C=O) groups excluding carboxylic acids is 1.